The number of pyridine rings is 1. The van der Waals surface area contributed by atoms with Gasteiger partial charge in [0.05, 0.1) is 5.56 Å². The van der Waals surface area contributed by atoms with Gasteiger partial charge in [0, 0.05) is 10.8 Å². The quantitative estimate of drug-likeness (QED) is 0.615. The van der Waals surface area contributed by atoms with Crippen LogP contribution in [-0.2, 0) is 6.18 Å². The lowest BCUT2D eigenvalue weighted by Gasteiger charge is -2.11. The van der Waals surface area contributed by atoms with Crippen molar-refractivity contribution in [1.82, 2.24) is 4.98 Å². The van der Waals surface area contributed by atoms with Crippen LogP contribution in [0, 0.1) is 0 Å². The minimum absolute atomic E-state index is 0.155. The van der Waals surface area contributed by atoms with Crippen LogP contribution in [-0.4, -0.2) is 21.2 Å². The molecule has 0 radical (unpaired) electrons. The summed E-state index contributed by atoms with van der Waals surface area (Å²) >= 11 is 5.96. The van der Waals surface area contributed by atoms with Crippen LogP contribution in [0.1, 0.15) is 16.1 Å². The van der Waals surface area contributed by atoms with Gasteiger partial charge in [-0.1, -0.05) is 11.6 Å². The van der Waals surface area contributed by atoms with E-state index >= 15 is 0 Å². The number of nitrogens with zero attached hydrogens (tertiary/aromatic N) is 1. The molecule has 0 saturated heterocycles. The molecule has 0 fully saturated rings. The summed E-state index contributed by atoms with van der Waals surface area (Å²) in [5, 5.41) is 19.2. The van der Waals surface area contributed by atoms with Crippen LogP contribution >= 0.6 is 11.6 Å². The van der Waals surface area contributed by atoms with Gasteiger partial charge in [0.2, 0.25) is 0 Å². The number of hydrogen-bond acceptors (Lipinski definition) is 4. The van der Waals surface area contributed by atoms with Crippen LogP contribution in [0.15, 0.2) is 42.5 Å². The van der Waals surface area contributed by atoms with Crippen molar-refractivity contribution in [2.45, 2.75) is 6.18 Å². The van der Waals surface area contributed by atoms with Gasteiger partial charge >= 0.3 is 12.1 Å². The van der Waals surface area contributed by atoms with Crippen molar-refractivity contribution in [3.05, 3.63) is 58.9 Å². The molecule has 0 unspecified atom stereocenters. The van der Waals surface area contributed by atoms with Gasteiger partial charge < -0.3 is 14.9 Å². The van der Waals surface area contributed by atoms with Crippen molar-refractivity contribution in [3.8, 4) is 17.2 Å². The molecule has 9 heteroatoms. The summed E-state index contributed by atoms with van der Waals surface area (Å²) in [6.45, 7) is 0. The number of aromatic nitrogens is 1. The Balaban J connectivity index is 1.96. The summed E-state index contributed by atoms with van der Waals surface area (Å²) in [5.74, 6) is -1.59. The second-order valence-corrected chi connectivity index (χ2v) is 5.59. The number of carboxylic acids is 1. The van der Waals surface area contributed by atoms with E-state index in [1.165, 1.54) is 18.2 Å². The normalized spacial score (nSPS) is 11.5. The second-order valence-electron chi connectivity index (χ2n) is 5.24. The molecule has 26 heavy (non-hydrogen) atoms. The average Bonchev–Trinajstić information content (AvgIpc) is 2.57. The van der Waals surface area contributed by atoms with Crippen molar-refractivity contribution in [2.24, 2.45) is 0 Å². The molecule has 0 amide bonds. The molecule has 0 aliphatic heterocycles. The lowest BCUT2D eigenvalue weighted by Crippen LogP contribution is -2.04. The lowest BCUT2D eigenvalue weighted by molar-refractivity contribution is -0.137. The molecule has 0 aliphatic rings. The summed E-state index contributed by atoms with van der Waals surface area (Å²) in [6, 6.07) is 8.29. The van der Waals surface area contributed by atoms with Gasteiger partial charge in [-0.15, -0.1) is 0 Å². The average molecular weight is 384 g/mol. The van der Waals surface area contributed by atoms with Crippen LogP contribution in [0.2, 0.25) is 5.15 Å². The van der Waals surface area contributed by atoms with E-state index in [9.17, 15) is 23.1 Å². The minimum atomic E-state index is -4.44. The highest BCUT2D eigenvalue weighted by molar-refractivity contribution is 6.34. The third-order valence-corrected chi connectivity index (χ3v) is 3.81. The molecule has 0 aliphatic carbocycles. The van der Waals surface area contributed by atoms with Crippen molar-refractivity contribution in [1.29, 1.82) is 0 Å². The van der Waals surface area contributed by atoms with Crippen molar-refractivity contribution in [3.63, 3.8) is 0 Å². The predicted octanol–water partition coefficient (Wildman–Crippen LogP) is 5.10. The van der Waals surface area contributed by atoms with Crippen LogP contribution < -0.4 is 4.74 Å². The summed E-state index contributed by atoms with van der Waals surface area (Å²) in [6.07, 6.45) is -4.44. The minimum Gasteiger partial charge on any atom is -0.505 e. The fourth-order valence-electron chi connectivity index (χ4n) is 2.30. The van der Waals surface area contributed by atoms with Crippen LogP contribution in [0.3, 0.4) is 0 Å². The molecular weight excluding hydrogens is 375 g/mol. The summed E-state index contributed by atoms with van der Waals surface area (Å²) in [7, 11) is 0. The fourth-order valence-corrected chi connectivity index (χ4v) is 2.54. The van der Waals surface area contributed by atoms with E-state index in [0.717, 1.165) is 24.3 Å². The number of ether oxygens (including phenoxy) is 1. The van der Waals surface area contributed by atoms with Gasteiger partial charge in [-0.2, -0.15) is 13.2 Å². The number of fused-ring (bicyclic) bond motifs is 1. The molecule has 2 N–H and O–H groups in total. The number of hydrogen-bond donors (Lipinski definition) is 2. The maximum Gasteiger partial charge on any atom is 0.416 e. The fraction of sp³-hybridized carbons (Fsp3) is 0.0588. The van der Waals surface area contributed by atoms with Gasteiger partial charge in [-0.05, 0) is 42.5 Å². The highest BCUT2D eigenvalue weighted by Gasteiger charge is 2.30. The number of aromatic carboxylic acids is 1. The zero-order valence-electron chi connectivity index (χ0n) is 12.7. The van der Waals surface area contributed by atoms with E-state index < -0.39 is 29.2 Å². The summed E-state index contributed by atoms with van der Waals surface area (Å²) in [5.41, 5.74) is -1.39. The first-order valence-corrected chi connectivity index (χ1v) is 7.45. The molecule has 1 aromatic heterocycles. The maximum atomic E-state index is 12.6. The van der Waals surface area contributed by atoms with E-state index in [1.807, 2.05) is 0 Å². The number of benzene rings is 2. The lowest BCUT2D eigenvalue weighted by atomic mass is 10.1. The molecular formula is C17H9ClF3NO4. The molecule has 1 heterocycles. The molecule has 0 saturated carbocycles. The topological polar surface area (TPSA) is 79.7 Å². The first-order valence-electron chi connectivity index (χ1n) is 7.07. The highest BCUT2D eigenvalue weighted by atomic mass is 35.5. The first-order chi connectivity index (χ1) is 12.2. The Bertz CT molecular complexity index is 1000. The Morgan fingerprint density at radius 2 is 1.65 bits per heavy atom. The van der Waals surface area contributed by atoms with Crippen molar-refractivity contribution in [2.75, 3.05) is 0 Å². The molecule has 0 bridgehead atoms. The Morgan fingerprint density at radius 3 is 2.23 bits per heavy atom. The third kappa shape index (κ3) is 3.36. The zero-order chi connectivity index (χ0) is 19.1. The Morgan fingerprint density at radius 1 is 1.04 bits per heavy atom. The van der Waals surface area contributed by atoms with E-state index in [1.54, 1.807) is 0 Å². The first kappa shape index (κ1) is 17.8. The van der Waals surface area contributed by atoms with Crippen LogP contribution in [0.5, 0.6) is 17.2 Å². The number of alkyl halides is 3. The van der Waals surface area contributed by atoms with Crippen molar-refractivity contribution >= 4 is 28.3 Å². The molecule has 2 aromatic carbocycles. The van der Waals surface area contributed by atoms with E-state index in [-0.39, 0.29) is 27.4 Å². The molecule has 0 atom stereocenters. The van der Waals surface area contributed by atoms with Gasteiger partial charge in [0.15, 0.2) is 11.4 Å². The molecule has 0 spiro atoms. The van der Waals surface area contributed by atoms with Gasteiger partial charge in [-0.25, -0.2) is 9.78 Å². The Kier molecular flexibility index (Phi) is 4.37. The summed E-state index contributed by atoms with van der Waals surface area (Å²) < 4.78 is 43.2. The van der Waals surface area contributed by atoms with E-state index in [4.69, 9.17) is 21.4 Å². The van der Waals surface area contributed by atoms with Gasteiger partial charge in [0.25, 0.3) is 0 Å². The number of carboxylic acid groups (broad SMARTS) is 1. The van der Waals surface area contributed by atoms with Gasteiger partial charge in [0.1, 0.15) is 16.7 Å². The number of halogens is 4. The number of carbonyl (C=O) groups is 1. The summed E-state index contributed by atoms with van der Waals surface area (Å²) in [4.78, 5) is 14.7. The number of aromatic hydroxyl groups is 1. The maximum absolute atomic E-state index is 12.6. The molecule has 134 valence electrons. The third-order valence-electron chi connectivity index (χ3n) is 3.52. The Labute approximate surface area is 149 Å². The Hall–Kier alpha value is -3.00. The standard InChI is InChI=1S/C17H9ClF3NO4/c18-15-12-7-10(5-6-11(12)14(23)13(22-15)16(24)25)26-9-3-1-8(2-4-9)17(19,20)21/h1-7,23H,(H,24,25). The van der Waals surface area contributed by atoms with E-state index in [2.05, 4.69) is 4.98 Å². The predicted molar refractivity (Wildman–Crippen MR) is 86.9 cm³/mol. The SMILES string of the molecule is O=C(O)c1nc(Cl)c2cc(Oc3ccc(C(F)(F)F)cc3)ccc2c1O. The highest BCUT2D eigenvalue weighted by Crippen LogP contribution is 2.36. The van der Waals surface area contributed by atoms with Gasteiger partial charge in [-0.3, -0.25) is 0 Å². The molecule has 3 rings (SSSR count). The second kappa shape index (κ2) is 6.38. The monoisotopic (exact) mass is 383 g/mol. The molecule has 5 nitrogen and oxygen atoms in total. The van der Waals surface area contributed by atoms with Crippen LogP contribution in [0.4, 0.5) is 13.2 Å². The zero-order valence-corrected chi connectivity index (χ0v) is 13.5. The molecule has 3 aromatic rings. The smallest absolute Gasteiger partial charge is 0.416 e. The van der Waals surface area contributed by atoms with Crippen molar-refractivity contribution < 1.29 is 32.9 Å². The largest absolute Gasteiger partial charge is 0.505 e. The van der Waals surface area contributed by atoms with E-state index in [0.29, 0.717) is 0 Å². The number of rotatable bonds is 3. The van der Waals surface area contributed by atoms with Crippen LogP contribution in [0.25, 0.3) is 10.8 Å².